The second-order valence-electron chi connectivity index (χ2n) is 1.73. The summed E-state index contributed by atoms with van der Waals surface area (Å²) in [5.41, 5.74) is 5.19. The molecule has 0 spiro atoms. The fourth-order valence-electron chi connectivity index (χ4n) is 0.368. The standard InChI is InChI=1S/C5H11NO2S.Mg.2H2O/c1-9-3-2-4(6)5(7)8;;;/h4H,2-3,6H2,1H3,(H,7,8);;2*1H2/q;+2;;/p-2. The average molecular weight is 208 g/mol. The molecule has 0 saturated carbocycles. The predicted molar refractivity (Wildman–Crippen MR) is 48.2 cm³/mol. The van der Waals surface area contributed by atoms with Gasteiger partial charge in [0, 0.05) is 0 Å². The van der Waals surface area contributed by atoms with Crippen molar-refractivity contribution in [2.24, 2.45) is 5.73 Å². The van der Waals surface area contributed by atoms with E-state index in [2.05, 4.69) is 0 Å². The first kappa shape index (κ1) is 22.9. The minimum absolute atomic E-state index is 0. The largest absolute Gasteiger partial charge is 2.00 e. The third-order valence-corrected chi connectivity index (χ3v) is 1.59. The smallest absolute Gasteiger partial charge is 0.870 e. The van der Waals surface area contributed by atoms with Gasteiger partial charge in [0.1, 0.15) is 6.04 Å². The number of rotatable bonds is 4. The summed E-state index contributed by atoms with van der Waals surface area (Å²) in [5.74, 6) is -0.1000. The summed E-state index contributed by atoms with van der Waals surface area (Å²) in [6, 6.07) is -0.683. The number of carbonyl (C=O) groups is 1. The van der Waals surface area contributed by atoms with Gasteiger partial charge in [-0.25, -0.2) is 0 Å². The van der Waals surface area contributed by atoms with Crippen molar-refractivity contribution in [1.82, 2.24) is 0 Å². The minimum atomic E-state index is -0.913. The van der Waals surface area contributed by atoms with Gasteiger partial charge >= 0.3 is 29.0 Å². The zero-order valence-corrected chi connectivity index (χ0v) is 9.16. The van der Waals surface area contributed by atoms with Gasteiger partial charge in [0.05, 0.1) is 0 Å². The van der Waals surface area contributed by atoms with Crippen molar-refractivity contribution in [1.29, 1.82) is 0 Å². The Morgan fingerprint density at radius 1 is 1.58 bits per heavy atom. The van der Waals surface area contributed by atoms with Crippen molar-refractivity contribution in [3.8, 4) is 0 Å². The van der Waals surface area contributed by atoms with Crippen molar-refractivity contribution in [3.63, 3.8) is 0 Å². The fourth-order valence-corrected chi connectivity index (χ4v) is 0.858. The van der Waals surface area contributed by atoms with Crippen LogP contribution in [0.4, 0.5) is 0 Å². The molecule has 0 rings (SSSR count). The maximum absolute atomic E-state index is 10.1. The number of hydrogen-bond donors (Lipinski definition) is 2. The predicted octanol–water partition coefficient (Wildman–Crippen LogP) is -0.583. The minimum Gasteiger partial charge on any atom is -0.870 e. The van der Waals surface area contributed by atoms with Crippen LogP contribution in [0.25, 0.3) is 0 Å². The molecular weight excluding hydrogens is 194 g/mol. The van der Waals surface area contributed by atoms with E-state index in [9.17, 15) is 4.79 Å². The summed E-state index contributed by atoms with van der Waals surface area (Å²) >= 11 is 1.60. The van der Waals surface area contributed by atoms with Crippen molar-refractivity contribution < 1.29 is 20.9 Å². The Morgan fingerprint density at radius 3 is 2.25 bits per heavy atom. The van der Waals surface area contributed by atoms with Gasteiger partial charge in [-0.05, 0) is 18.4 Å². The van der Waals surface area contributed by atoms with E-state index in [1.54, 1.807) is 11.8 Å². The molecule has 0 aromatic rings. The monoisotopic (exact) mass is 207 g/mol. The van der Waals surface area contributed by atoms with Gasteiger partial charge in [-0.1, -0.05) is 0 Å². The van der Waals surface area contributed by atoms with E-state index in [1.165, 1.54) is 0 Å². The molecule has 0 amide bonds. The van der Waals surface area contributed by atoms with Gasteiger partial charge in [-0.2, -0.15) is 11.8 Å². The first-order valence-electron chi connectivity index (χ1n) is 2.65. The normalized spacial score (nSPS) is 9.83. The fraction of sp³-hybridized carbons (Fsp3) is 0.800. The Morgan fingerprint density at radius 2 is 2.00 bits per heavy atom. The Hall–Kier alpha value is 0.466. The molecule has 1 atom stereocenters. The molecule has 5 N–H and O–H groups in total. The van der Waals surface area contributed by atoms with Gasteiger partial charge in [-0.3, -0.25) is 4.79 Å². The third-order valence-electron chi connectivity index (χ3n) is 0.950. The van der Waals surface area contributed by atoms with Crippen LogP contribution in [0.3, 0.4) is 0 Å². The number of carboxylic acid groups (broad SMARTS) is 1. The van der Waals surface area contributed by atoms with E-state index in [0.29, 0.717) is 6.42 Å². The van der Waals surface area contributed by atoms with E-state index in [1.807, 2.05) is 6.26 Å². The molecule has 0 bridgehead atoms. The van der Waals surface area contributed by atoms with Gasteiger partial charge < -0.3 is 21.8 Å². The summed E-state index contributed by atoms with van der Waals surface area (Å²) in [7, 11) is 0. The van der Waals surface area contributed by atoms with Crippen molar-refractivity contribution in [2.45, 2.75) is 12.5 Å². The third kappa shape index (κ3) is 13.1. The Labute approximate surface area is 91.8 Å². The van der Waals surface area contributed by atoms with E-state index in [0.717, 1.165) is 5.75 Å². The van der Waals surface area contributed by atoms with Crippen molar-refractivity contribution in [3.05, 3.63) is 0 Å². The van der Waals surface area contributed by atoms with E-state index in [-0.39, 0.29) is 34.0 Å². The van der Waals surface area contributed by atoms with Crippen LogP contribution in [0, 0.1) is 0 Å². The number of nitrogens with two attached hydrogens (primary N) is 1. The van der Waals surface area contributed by atoms with Crippen molar-refractivity contribution >= 4 is 40.8 Å². The zero-order chi connectivity index (χ0) is 7.28. The molecule has 5 nitrogen and oxygen atoms in total. The molecule has 0 radical (unpaired) electrons. The molecule has 0 aromatic carbocycles. The quantitative estimate of drug-likeness (QED) is 0.594. The molecular formula is C5H13MgNO4S. The molecule has 7 heteroatoms. The second kappa shape index (κ2) is 14.0. The average Bonchev–Trinajstić information content (AvgIpc) is 1.82. The summed E-state index contributed by atoms with van der Waals surface area (Å²) in [6.45, 7) is 0. The van der Waals surface area contributed by atoms with Gasteiger partial charge in [0.2, 0.25) is 0 Å². The molecule has 0 saturated heterocycles. The van der Waals surface area contributed by atoms with Crippen LogP contribution in [-0.2, 0) is 4.79 Å². The van der Waals surface area contributed by atoms with Crippen molar-refractivity contribution in [2.75, 3.05) is 12.0 Å². The number of carboxylic acids is 1. The molecule has 1 unspecified atom stereocenters. The Bertz CT molecular complexity index is 105. The number of hydrogen-bond acceptors (Lipinski definition) is 5. The molecule has 0 aliphatic carbocycles. The maximum atomic E-state index is 10.1. The molecule has 0 fully saturated rings. The first-order valence-corrected chi connectivity index (χ1v) is 4.05. The summed E-state index contributed by atoms with van der Waals surface area (Å²) in [5, 5.41) is 8.27. The van der Waals surface area contributed by atoms with Gasteiger partial charge in [0.25, 0.3) is 0 Å². The maximum Gasteiger partial charge on any atom is 2.00 e. The summed E-state index contributed by atoms with van der Waals surface area (Å²) in [4.78, 5) is 10.1. The molecule has 0 aliphatic heterocycles. The first-order chi connectivity index (χ1) is 4.18. The topological polar surface area (TPSA) is 123 Å². The van der Waals surface area contributed by atoms with Crippen LogP contribution >= 0.6 is 11.8 Å². The van der Waals surface area contributed by atoms with E-state index >= 15 is 0 Å². The van der Waals surface area contributed by atoms with E-state index in [4.69, 9.17) is 10.8 Å². The molecule has 0 aliphatic rings. The van der Waals surface area contributed by atoms with Crippen LogP contribution < -0.4 is 5.73 Å². The van der Waals surface area contributed by atoms with Gasteiger partial charge in [-0.15, -0.1) is 0 Å². The summed E-state index contributed by atoms with van der Waals surface area (Å²) < 4.78 is 0. The Balaban J connectivity index is -0.000000107. The summed E-state index contributed by atoms with van der Waals surface area (Å²) in [6.07, 6.45) is 2.48. The van der Waals surface area contributed by atoms with Crippen LogP contribution in [0.1, 0.15) is 6.42 Å². The van der Waals surface area contributed by atoms with E-state index < -0.39 is 12.0 Å². The molecule has 0 heterocycles. The number of aliphatic carboxylic acids is 1. The molecule has 0 aromatic heterocycles. The number of thioether (sulfide) groups is 1. The molecule has 70 valence electrons. The molecule has 12 heavy (non-hydrogen) atoms. The van der Waals surface area contributed by atoms with Crippen LogP contribution in [0.5, 0.6) is 0 Å². The SMILES string of the molecule is CSCCC(N)C(=O)O.[Mg+2].[OH-].[OH-]. The van der Waals surface area contributed by atoms with Crippen LogP contribution in [0.2, 0.25) is 0 Å². The second-order valence-corrected chi connectivity index (χ2v) is 2.71. The van der Waals surface area contributed by atoms with Gasteiger partial charge in [0.15, 0.2) is 0 Å². The van der Waals surface area contributed by atoms with Crippen LogP contribution in [-0.4, -0.2) is 63.1 Å². The Kier molecular flexibility index (Phi) is 26.7. The zero-order valence-electron chi connectivity index (χ0n) is 6.93. The van der Waals surface area contributed by atoms with Crippen LogP contribution in [0.15, 0.2) is 0 Å².